The van der Waals surface area contributed by atoms with E-state index < -0.39 is 0 Å². The van der Waals surface area contributed by atoms with Gasteiger partial charge in [-0.15, -0.1) is 0 Å². The van der Waals surface area contributed by atoms with Crippen LogP contribution in [-0.4, -0.2) is 6.04 Å². The molecular weight excluding hydrogens is 204 g/mol. The van der Waals surface area contributed by atoms with Crippen molar-refractivity contribution in [2.75, 3.05) is 0 Å². The van der Waals surface area contributed by atoms with Gasteiger partial charge in [-0.2, -0.15) is 10.2 Å². The summed E-state index contributed by atoms with van der Waals surface area (Å²) in [6.45, 7) is 1.98. The van der Waals surface area contributed by atoms with Gasteiger partial charge in [-0.25, -0.2) is 0 Å². The average Bonchev–Trinajstić information content (AvgIpc) is 2.33. The lowest BCUT2D eigenvalue weighted by Crippen LogP contribution is -2.02. The Hall–Kier alpha value is -0.700. The van der Waals surface area contributed by atoms with E-state index in [2.05, 4.69) is 32.2 Å². The lowest BCUT2D eigenvalue weighted by atomic mass is 10.0. The van der Waals surface area contributed by atoms with Gasteiger partial charge < -0.3 is 0 Å². The lowest BCUT2D eigenvalue weighted by molar-refractivity contribution is 0.943. The molecule has 0 amide bonds. The van der Waals surface area contributed by atoms with Crippen molar-refractivity contribution < 1.29 is 0 Å². The van der Waals surface area contributed by atoms with Crippen molar-refractivity contribution in [1.29, 1.82) is 0 Å². The van der Waals surface area contributed by atoms with E-state index in [1.807, 2.05) is 19.1 Å². The van der Waals surface area contributed by atoms with Crippen LogP contribution in [0.1, 0.15) is 6.92 Å². The van der Waals surface area contributed by atoms with E-state index in [9.17, 15) is 0 Å². The molecule has 0 unspecified atom stereocenters. The van der Waals surface area contributed by atoms with Gasteiger partial charge in [0.15, 0.2) is 0 Å². The molecule has 0 fully saturated rings. The van der Waals surface area contributed by atoms with Crippen LogP contribution in [0.2, 0.25) is 0 Å². The van der Waals surface area contributed by atoms with E-state index in [-0.39, 0.29) is 6.04 Å². The normalized spacial score (nSPS) is 27.5. The lowest BCUT2D eigenvalue weighted by Gasteiger charge is -2.07. The predicted octanol–water partition coefficient (Wildman–Crippen LogP) is 2.94. The fraction of sp³-hybridized carbons (Fsp3) is 0.250. The van der Waals surface area contributed by atoms with E-state index in [0.29, 0.717) is 0 Å². The quantitative estimate of drug-likeness (QED) is 0.588. The molecule has 0 aromatic rings. The molecule has 1 aliphatic heterocycles. The van der Waals surface area contributed by atoms with Gasteiger partial charge in [0.2, 0.25) is 0 Å². The maximum absolute atomic E-state index is 4.07. The molecule has 1 atom stereocenters. The molecule has 11 heavy (non-hydrogen) atoms. The predicted molar refractivity (Wildman–Crippen MR) is 47.5 cm³/mol. The highest BCUT2D eigenvalue weighted by molar-refractivity contribution is 9.11. The third kappa shape index (κ3) is 1.09. The second-order valence-corrected chi connectivity index (χ2v) is 3.51. The van der Waals surface area contributed by atoms with Crippen LogP contribution in [0.4, 0.5) is 0 Å². The zero-order valence-electron chi connectivity index (χ0n) is 6.08. The standard InChI is InChI=1S/C8H7BrN2/c1-5-7-4-6(9)2-3-8(7)11-10-5/h2-4,8H,1H3/t8-/m0/s1. The van der Waals surface area contributed by atoms with Gasteiger partial charge in [-0.1, -0.05) is 22.0 Å². The highest BCUT2D eigenvalue weighted by atomic mass is 79.9. The van der Waals surface area contributed by atoms with Crippen LogP contribution in [0, 0.1) is 0 Å². The molecule has 3 heteroatoms. The third-order valence-corrected chi connectivity index (χ3v) is 2.29. The number of hydrogen-bond donors (Lipinski definition) is 0. The molecule has 1 aliphatic carbocycles. The first-order chi connectivity index (χ1) is 5.27. The van der Waals surface area contributed by atoms with Crippen molar-refractivity contribution in [3.05, 3.63) is 34.0 Å². The highest BCUT2D eigenvalue weighted by Crippen LogP contribution is 2.29. The molecule has 0 bridgehead atoms. The maximum atomic E-state index is 4.07. The zero-order chi connectivity index (χ0) is 7.84. The molecule has 56 valence electrons. The Labute approximate surface area is 73.5 Å². The minimum atomic E-state index is 0.177. The van der Waals surface area contributed by atoms with Crippen molar-refractivity contribution in [3.8, 4) is 0 Å². The fourth-order valence-electron chi connectivity index (χ4n) is 1.19. The van der Waals surface area contributed by atoms with E-state index in [0.717, 1.165) is 10.2 Å². The molecule has 0 aromatic carbocycles. The number of allylic oxidation sites excluding steroid dienone is 3. The second-order valence-electron chi connectivity index (χ2n) is 2.59. The molecule has 2 nitrogen and oxygen atoms in total. The molecule has 2 rings (SSSR count). The van der Waals surface area contributed by atoms with Gasteiger partial charge in [0.1, 0.15) is 6.04 Å². The van der Waals surface area contributed by atoms with Crippen LogP contribution < -0.4 is 0 Å². The molecule has 0 radical (unpaired) electrons. The molecule has 1 heterocycles. The SMILES string of the molecule is CC1=C2C=C(Br)C=C[C@@H]2N=N1. The molecule has 0 N–H and O–H groups in total. The molecular formula is C8H7BrN2. The van der Waals surface area contributed by atoms with Crippen LogP contribution in [0.3, 0.4) is 0 Å². The highest BCUT2D eigenvalue weighted by Gasteiger charge is 2.19. The number of nitrogens with zero attached hydrogens (tertiary/aromatic N) is 2. The van der Waals surface area contributed by atoms with Crippen LogP contribution in [0.15, 0.2) is 44.2 Å². The summed E-state index contributed by atoms with van der Waals surface area (Å²) in [7, 11) is 0. The third-order valence-electron chi connectivity index (χ3n) is 1.80. The number of rotatable bonds is 0. The van der Waals surface area contributed by atoms with E-state index in [4.69, 9.17) is 0 Å². The number of halogens is 1. The molecule has 0 saturated carbocycles. The van der Waals surface area contributed by atoms with Gasteiger partial charge in [-0.3, -0.25) is 0 Å². The Bertz CT molecular complexity index is 310. The molecule has 0 spiro atoms. The van der Waals surface area contributed by atoms with Crippen molar-refractivity contribution in [3.63, 3.8) is 0 Å². The summed E-state index contributed by atoms with van der Waals surface area (Å²) < 4.78 is 1.09. The summed E-state index contributed by atoms with van der Waals surface area (Å²) in [5.74, 6) is 0. The van der Waals surface area contributed by atoms with Crippen LogP contribution in [0.25, 0.3) is 0 Å². The van der Waals surface area contributed by atoms with Gasteiger partial charge >= 0.3 is 0 Å². The number of azo groups is 1. The first-order valence-electron chi connectivity index (χ1n) is 3.44. The molecule has 2 aliphatic rings. The number of fused-ring (bicyclic) bond motifs is 1. The van der Waals surface area contributed by atoms with E-state index in [1.165, 1.54) is 5.57 Å². The zero-order valence-corrected chi connectivity index (χ0v) is 7.67. The van der Waals surface area contributed by atoms with Gasteiger partial charge in [0.05, 0.1) is 5.70 Å². The minimum Gasteiger partial charge on any atom is -0.176 e. The first-order valence-corrected chi connectivity index (χ1v) is 4.24. The topological polar surface area (TPSA) is 24.7 Å². The van der Waals surface area contributed by atoms with E-state index >= 15 is 0 Å². The minimum absolute atomic E-state index is 0.177. The monoisotopic (exact) mass is 210 g/mol. The van der Waals surface area contributed by atoms with Crippen molar-refractivity contribution in [1.82, 2.24) is 0 Å². The van der Waals surface area contributed by atoms with Crippen molar-refractivity contribution in [2.45, 2.75) is 13.0 Å². The van der Waals surface area contributed by atoms with Crippen LogP contribution in [-0.2, 0) is 0 Å². The largest absolute Gasteiger partial charge is 0.176 e. The van der Waals surface area contributed by atoms with E-state index in [1.54, 1.807) is 0 Å². The Morgan fingerprint density at radius 3 is 3.18 bits per heavy atom. The first kappa shape index (κ1) is 6.98. The Morgan fingerprint density at radius 2 is 2.36 bits per heavy atom. The van der Waals surface area contributed by atoms with Gasteiger partial charge in [0.25, 0.3) is 0 Å². The summed E-state index contributed by atoms with van der Waals surface area (Å²) >= 11 is 3.41. The maximum Gasteiger partial charge on any atom is 0.116 e. The van der Waals surface area contributed by atoms with Crippen molar-refractivity contribution >= 4 is 15.9 Å². The Morgan fingerprint density at radius 1 is 1.55 bits per heavy atom. The Kier molecular flexibility index (Phi) is 1.53. The Balaban J connectivity index is 2.46. The van der Waals surface area contributed by atoms with Crippen LogP contribution in [0.5, 0.6) is 0 Å². The van der Waals surface area contributed by atoms with Crippen LogP contribution >= 0.6 is 15.9 Å². The summed E-state index contributed by atoms with van der Waals surface area (Å²) in [4.78, 5) is 0. The average molecular weight is 211 g/mol. The summed E-state index contributed by atoms with van der Waals surface area (Å²) in [6.07, 6.45) is 6.12. The fourth-order valence-corrected chi connectivity index (χ4v) is 1.59. The van der Waals surface area contributed by atoms with Gasteiger partial charge in [-0.05, 0) is 19.1 Å². The number of hydrogen-bond acceptors (Lipinski definition) is 2. The molecule has 0 aromatic heterocycles. The summed E-state index contributed by atoms with van der Waals surface area (Å²) in [5.41, 5.74) is 2.23. The summed E-state index contributed by atoms with van der Waals surface area (Å²) in [5, 5.41) is 8.07. The smallest absolute Gasteiger partial charge is 0.116 e. The van der Waals surface area contributed by atoms with Crippen molar-refractivity contribution in [2.24, 2.45) is 10.2 Å². The van der Waals surface area contributed by atoms with Gasteiger partial charge in [0, 0.05) is 10.1 Å². The second kappa shape index (κ2) is 2.41. The molecule has 0 saturated heterocycles. The summed E-state index contributed by atoms with van der Waals surface area (Å²) in [6, 6.07) is 0.177.